The monoisotopic (exact) mass is 696 g/mol. The Morgan fingerprint density at radius 1 is 0.627 bits per heavy atom. The second-order valence-electron chi connectivity index (χ2n) is 12.1. The van der Waals surface area contributed by atoms with Crippen LogP contribution in [0.5, 0.6) is 5.75 Å². The summed E-state index contributed by atoms with van der Waals surface area (Å²) in [5.41, 5.74) is 4.47. The van der Waals surface area contributed by atoms with Gasteiger partial charge in [0.1, 0.15) is 5.75 Å². The Labute approximate surface area is 301 Å². The molecule has 4 rings (SSSR count). The highest BCUT2D eigenvalue weighted by Gasteiger charge is 2.47. The standard InChI is InChI=1S/C42H48O9/c1-4-7-27-48-40(44)38-39(41(45)49-28-8-5-2)51-42(50-38)35-21-17-32(18-22-35)14-13-31-15-19-33(20-16-31)34-23-25-36(26-24-34)46-29-11-9-10-12-30-47-37(43)6-3/h6,15-26,38-39,42H,3-5,7-12,27-30H2,1-2H3/t38-,39-/m1/s1. The zero-order valence-electron chi connectivity index (χ0n) is 29.6. The molecule has 9 heteroatoms. The number of carbonyl (C=O) groups is 3. The Morgan fingerprint density at radius 2 is 1.10 bits per heavy atom. The van der Waals surface area contributed by atoms with Gasteiger partial charge in [-0.2, -0.15) is 0 Å². The third-order valence-corrected chi connectivity index (χ3v) is 8.09. The number of hydrogen-bond acceptors (Lipinski definition) is 9. The van der Waals surface area contributed by atoms with Gasteiger partial charge < -0.3 is 28.4 Å². The lowest BCUT2D eigenvalue weighted by Crippen LogP contribution is -2.39. The minimum absolute atomic E-state index is 0.249. The molecular formula is C42H48O9. The fraction of sp³-hybridized carbons (Fsp3) is 0.405. The van der Waals surface area contributed by atoms with Gasteiger partial charge in [-0.25, -0.2) is 14.4 Å². The van der Waals surface area contributed by atoms with Crippen LogP contribution in [0.25, 0.3) is 11.1 Å². The molecule has 0 bridgehead atoms. The summed E-state index contributed by atoms with van der Waals surface area (Å²) in [5, 5.41) is 0. The molecule has 0 radical (unpaired) electrons. The molecule has 1 aliphatic rings. The second-order valence-corrected chi connectivity index (χ2v) is 12.1. The van der Waals surface area contributed by atoms with Crippen LogP contribution in [0.2, 0.25) is 0 Å². The first kappa shape index (κ1) is 38.9. The molecule has 1 aliphatic heterocycles. The molecule has 3 aromatic carbocycles. The molecule has 0 saturated carbocycles. The fourth-order valence-corrected chi connectivity index (χ4v) is 5.09. The van der Waals surface area contributed by atoms with Crippen molar-refractivity contribution >= 4 is 17.9 Å². The summed E-state index contributed by atoms with van der Waals surface area (Å²) in [7, 11) is 0. The van der Waals surface area contributed by atoms with Crippen molar-refractivity contribution in [2.45, 2.75) is 83.7 Å². The van der Waals surface area contributed by atoms with E-state index in [9.17, 15) is 14.4 Å². The van der Waals surface area contributed by atoms with Crippen LogP contribution in [-0.4, -0.2) is 56.5 Å². The Balaban J connectivity index is 1.26. The summed E-state index contributed by atoms with van der Waals surface area (Å²) in [6, 6.07) is 23.4. The van der Waals surface area contributed by atoms with Gasteiger partial charge in [0, 0.05) is 22.8 Å². The maximum Gasteiger partial charge on any atom is 0.338 e. The van der Waals surface area contributed by atoms with Crippen molar-refractivity contribution in [2.75, 3.05) is 26.4 Å². The second kappa shape index (κ2) is 21.3. The van der Waals surface area contributed by atoms with Crippen molar-refractivity contribution in [1.82, 2.24) is 0 Å². The Hall–Kier alpha value is -4.91. The Morgan fingerprint density at radius 3 is 1.61 bits per heavy atom. The van der Waals surface area contributed by atoms with E-state index in [0.717, 1.165) is 66.5 Å². The van der Waals surface area contributed by atoms with Crippen LogP contribution in [0.4, 0.5) is 0 Å². The van der Waals surface area contributed by atoms with Crippen molar-refractivity contribution in [3.63, 3.8) is 0 Å². The van der Waals surface area contributed by atoms with Gasteiger partial charge >= 0.3 is 17.9 Å². The van der Waals surface area contributed by atoms with E-state index in [1.807, 2.05) is 86.6 Å². The summed E-state index contributed by atoms with van der Waals surface area (Å²) < 4.78 is 33.3. The van der Waals surface area contributed by atoms with E-state index >= 15 is 0 Å². The molecule has 0 aromatic heterocycles. The summed E-state index contributed by atoms with van der Waals surface area (Å²) in [5.74, 6) is 5.56. The minimum atomic E-state index is -1.20. The van der Waals surface area contributed by atoms with E-state index in [4.69, 9.17) is 28.4 Å². The third kappa shape index (κ3) is 12.7. The molecule has 1 heterocycles. The number of rotatable bonds is 19. The first-order valence-corrected chi connectivity index (χ1v) is 17.8. The lowest BCUT2D eigenvalue weighted by Gasteiger charge is -2.14. The van der Waals surface area contributed by atoms with E-state index in [2.05, 4.69) is 18.4 Å². The number of unbranched alkanes of at least 4 members (excludes halogenated alkanes) is 5. The van der Waals surface area contributed by atoms with Gasteiger partial charge in [-0.1, -0.05) is 81.5 Å². The van der Waals surface area contributed by atoms with E-state index in [0.29, 0.717) is 31.6 Å². The van der Waals surface area contributed by atoms with Gasteiger partial charge in [-0.15, -0.1) is 0 Å². The van der Waals surface area contributed by atoms with Crippen LogP contribution in [0.1, 0.15) is 88.2 Å². The fourth-order valence-electron chi connectivity index (χ4n) is 5.09. The van der Waals surface area contributed by atoms with Crippen LogP contribution in [0.3, 0.4) is 0 Å². The van der Waals surface area contributed by atoms with Crippen molar-refractivity contribution in [1.29, 1.82) is 0 Å². The number of ether oxygens (including phenoxy) is 6. The van der Waals surface area contributed by atoms with Crippen molar-refractivity contribution in [2.24, 2.45) is 0 Å². The number of hydrogen-bond donors (Lipinski definition) is 0. The predicted molar refractivity (Wildman–Crippen MR) is 194 cm³/mol. The lowest BCUT2D eigenvalue weighted by molar-refractivity contribution is -0.163. The maximum atomic E-state index is 12.8. The van der Waals surface area contributed by atoms with Crippen molar-refractivity contribution in [3.8, 4) is 28.7 Å². The first-order valence-electron chi connectivity index (χ1n) is 17.8. The van der Waals surface area contributed by atoms with Crippen LogP contribution in [-0.2, 0) is 38.1 Å². The molecule has 0 unspecified atom stereocenters. The van der Waals surface area contributed by atoms with E-state index in [-0.39, 0.29) is 19.2 Å². The zero-order chi connectivity index (χ0) is 36.3. The van der Waals surface area contributed by atoms with Crippen LogP contribution < -0.4 is 4.74 Å². The molecule has 270 valence electrons. The highest BCUT2D eigenvalue weighted by atomic mass is 16.8. The predicted octanol–water partition coefficient (Wildman–Crippen LogP) is 7.89. The van der Waals surface area contributed by atoms with Gasteiger partial charge in [-0.3, -0.25) is 0 Å². The van der Waals surface area contributed by atoms with Gasteiger partial charge in [0.05, 0.1) is 26.4 Å². The minimum Gasteiger partial charge on any atom is -0.494 e. The van der Waals surface area contributed by atoms with Crippen LogP contribution >= 0.6 is 0 Å². The molecular weight excluding hydrogens is 648 g/mol. The summed E-state index contributed by atoms with van der Waals surface area (Å²) in [6.07, 6.45) is 4.77. The van der Waals surface area contributed by atoms with E-state index in [1.165, 1.54) is 6.08 Å². The van der Waals surface area contributed by atoms with E-state index < -0.39 is 30.4 Å². The summed E-state index contributed by atoms with van der Waals surface area (Å²) in [6.45, 7) is 8.94. The summed E-state index contributed by atoms with van der Waals surface area (Å²) >= 11 is 0. The maximum absolute atomic E-state index is 12.8. The van der Waals surface area contributed by atoms with Gasteiger partial charge in [0.2, 0.25) is 0 Å². The molecule has 0 amide bonds. The van der Waals surface area contributed by atoms with Crippen molar-refractivity contribution < 1.29 is 42.8 Å². The topological polar surface area (TPSA) is 107 Å². The quantitative estimate of drug-likeness (QED) is 0.0407. The molecule has 0 N–H and O–H groups in total. The highest BCUT2D eigenvalue weighted by Crippen LogP contribution is 2.33. The van der Waals surface area contributed by atoms with E-state index in [1.54, 1.807) is 0 Å². The van der Waals surface area contributed by atoms with Gasteiger partial charge in [0.15, 0.2) is 18.5 Å². The summed E-state index contributed by atoms with van der Waals surface area (Å²) in [4.78, 5) is 36.6. The zero-order valence-corrected chi connectivity index (χ0v) is 29.6. The van der Waals surface area contributed by atoms with Crippen LogP contribution in [0.15, 0.2) is 85.5 Å². The van der Waals surface area contributed by atoms with Gasteiger partial charge in [-0.05, 0) is 86.1 Å². The molecule has 51 heavy (non-hydrogen) atoms. The molecule has 3 aromatic rings. The molecule has 1 fully saturated rings. The molecule has 9 nitrogen and oxygen atoms in total. The SMILES string of the molecule is C=CC(=O)OCCCCCCOc1ccc(-c2ccc(C#Cc3ccc(C4O[C@@H](C(=O)OCCCC)[C@H](C(=O)OCCCC)O4)cc3)cc2)cc1. The first-order chi connectivity index (χ1) is 24.9. The molecule has 1 saturated heterocycles. The van der Waals surface area contributed by atoms with Crippen LogP contribution in [0, 0.1) is 11.8 Å². The van der Waals surface area contributed by atoms with Crippen molar-refractivity contribution in [3.05, 3.63) is 102 Å². The third-order valence-electron chi connectivity index (χ3n) is 8.09. The normalized spacial score (nSPS) is 15.3. The largest absolute Gasteiger partial charge is 0.494 e. The average Bonchev–Trinajstić information content (AvgIpc) is 3.62. The highest BCUT2D eigenvalue weighted by molar-refractivity contribution is 5.86. The lowest BCUT2D eigenvalue weighted by atomic mass is 10.0. The van der Waals surface area contributed by atoms with Gasteiger partial charge in [0.25, 0.3) is 0 Å². The smallest absolute Gasteiger partial charge is 0.338 e. The number of esters is 3. The Kier molecular flexibility index (Phi) is 16.3. The molecule has 0 aliphatic carbocycles. The Bertz CT molecular complexity index is 1570. The number of carbonyl (C=O) groups excluding carboxylic acids is 3. The molecule has 2 atom stereocenters. The molecule has 0 spiro atoms. The number of benzene rings is 3. The average molecular weight is 697 g/mol.